The van der Waals surface area contributed by atoms with Crippen LogP contribution < -0.4 is 0 Å². The van der Waals surface area contributed by atoms with Crippen molar-refractivity contribution in [1.82, 2.24) is 0 Å². The van der Waals surface area contributed by atoms with Crippen LogP contribution in [0, 0.1) is 5.92 Å². The third-order valence-corrected chi connectivity index (χ3v) is 2.00. The van der Waals surface area contributed by atoms with Crippen molar-refractivity contribution in [2.24, 2.45) is 5.92 Å². The Bertz CT molecular complexity index is 247. The summed E-state index contributed by atoms with van der Waals surface area (Å²) in [7, 11) is 0. The fraction of sp³-hybridized carbons (Fsp3) is 0.667. The van der Waals surface area contributed by atoms with Crippen LogP contribution >= 0.6 is 0 Å². The van der Waals surface area contributed by atoms with Gasteiger partial charge in [-0.05, 0) is 19.3 Å². The Balaban J connectivity index is 3.88. The Morgan fingerprint density at radius 2 is 1.40 bits per heavy atom. The Kier molecular flexibility index (Phi) is 6.08. The molecule has 15 heavy (non-hydrogen) atoms. The molecule has 0 saturated carbocycles. The summed E-state index contributed by atoms with van der Waals surface area (Å²) in [6.45, 7) is 0. The van der Waals surface area contributed by atoms with Gasteiger partial charge in [0.15, 0.2) is 0 Å². The zero-order valence-corrected chi connectivity index (χ0v) is 8.18. The third kappa shape index (κ3) is 7.48. The van der Waals surface area contributed by atoms with Gasteiger partial charge in [-0.15, -0.1) is 0 Å². The Morgan fingerprint density at radius 3 is 1.80 bits per heavy atom. The van der Waals surface area contributed by atoms with E-state index in [0.29, 0.717) is 0 Å². The number of aliphatic carboxylic acids is 3. The molecule has 0 aliphatic heterocycles. The highest BCUT2D eigenvalue weighted by molar-refractivity contribution is 5.72. The standard InChI is InChI=1S/C9H14O6/c10-7(11)3-1-2-6(9(14)15)4-5-8(12)13/h6H,1-5H2,(H,10,11)(H,12,13)(H,14,15)/t6-/m1/s1. The first-order chi connectivity index (χ1) is 6.93. The van der Waals surface area contributed by atoms with Gasteiger partial charge in [0.25, 0.3) is 0 Å². The summed E-state index contributed by atoms with van der Waals surface area (Å²) in [6.07, 6.45) is 0.214. The van der Waals surface area contributed by atoms with Crippen molar-refractivity contribution in [2.75, 3.05) is 0 Å². The Labute approximate surface area is 86.5 Å². The van der Waals surface area contributed by atoms with Crippen LogP contribution in [0.1, 0.15) is 32.1 Å². The van der Waals surface area contributed by atoms with Gasteiger partial charge in [-0.1, -0.05) is 0 Å². The summed E-state index contributed by atoms with van der Waals surface area (Å²) in [6, 6.07) is 0. The van der Waals surface area contributed by atoms with Gasteiger partial charge >= 0.3 is 17.9 Å². The third-order valence-electron chi connectivity index (χ3n) is 2.00. The van der Waals surface area contributed by atoms with Gasteiger partial charge < -0.3 is 15.3 Å². The molecule has 0 heterocycles. The van der Waals surface area contributed by atoms with Crippen molar-refractivity contribution in [2.45, 2.75) is 32.1 Å². The molecule has 6 heteroatoms. The van der Waals surface area contributed by atoms with Crippen LogP contribution in [0.2, 0.25) is 0 Å². The van der Waals surface area contributed by atoms with Gasteiger partial charge in [-0.2, -0.15) is 0 Å². The normalized spacial score (nSPS) is 12.0. The van der Waals surface area contributed by atoms with Crippen LogP contribution in [0.4, 0.5) is 0 Å². The number of carboxylic acids is 3. The topological polar surface area (TPSA) is 112 Å². The number of carbonyl (C=O) groups is 3. The first-order valence-corrected chi connectivity index (χ1v) is 4.60. The van der Waals surface area contributed by atoms with Gasteiger partial charge in [-0.3, -0.25) is 14.4 Å². The van der Waals surface area contributed by atoms with E-state index in [4.69, 9.17) is 15.3 Å². The molecule has 0 unspecified atom stereocenters. The molecular formula is C9H14O6. The molecule has 0 aromatic carbocycles. The van der Waals surface area contributed by atoms with Crippen molar-refractivity contribution in [3.8, 4) is 0 Å². The highest BCUT2D eigenvalue weighted by Crippen LogP contribution is 2.15. The van der Waals surface area contributed by atoms with Gasteiger partial charge in [0.05, 0.1) is 5.92 Å². The van der Waals surface area contributed by atoms with Gasteiger partial charge in [0, 0.05) is 12.8 Å². The molecule has 0 aliphatic carbocycles. The van der Waals surface area contributed by atoms with Crippen molar-refractivity contribution in [1.29, 1.82) is 0 Å². The van der Waals surface area contributed by atoms with Crippen molar-refractivity contribution in [3.05, 3.63) is 0 Å². The molecular weight excluding hydrogens is 204 g/mol. The summed E-state index contributed by atoms with van der Waals surface area (Å²) >= 11 is 0. The van der Waals surface area contributed by atoms with Crippen LogP contribution in [0.5, 0.6) is 0 Å². The smallest absolute Gasteiger partial charge is 0.306 e. The number of carboxylic acid groups (broad SMARTS) is 3. The van der Waals surface area contributed by atoms with Crippen molar-refractivity contribution >= 4 is 17.9 Å². The molecule has 0 aromatic heterocycles. The molecule has 0 rings (SSSR count). The average Bonchev–Trinajstić information content (AvgIpc) is 2.09. The van der Waals surface area contributed by atoms with E-state index in [0.717, 1.165) is 0 Å². The molecule has 0 amide bonds. The van der Waals surface area contributed by atoms with E-state index in [9.17, 15) is 14.4 Å². The monoisotopic (exact) mass is 218 g/mol. The molecule has 0 saturated heterocycles. The lowest BCUT2D eigenvalue weighted by Crippen LogP contribution is -2.15. The molecule has 86 valence electrons. The van der Waals surface area contributed by atoms with Crippen LogP contribution in [-0.2, 0) is 14.4 Å². The maximum atomic E-state index is 10.6. The zero-order valence-electron chi connectivity index (χ0n) is 8.18. The number of hydrogen-bond donors (Lipinski definition) is 3. The van der Waals surface area contributed by atoms with E-state index in [1.165, 1.54) is 0 Å². The Hall–Kier alpha value is -1.59. The molecule has 0 aromatic rings. The van der Waals surface area contributed by atoms with E-state index < -0.39 is 23.8 Å². The first-order valence-electron chi connectivity index (χ1n) is 4.60. The minimum atomic E-state index is -1.07. The second kappa shape index (κ2) is 6.80. The quantitative estimate of drug-likeness (QED) is 0.555. The largest absolute Gasteiger partial charge is 0.481 e. The second-order valence-electron chi connectivity index (χ2n) is 3.25. The lowest BCUT2D eigenvalue weighted by molar-refractivity contribution is -0.144. The predicted octanol–water partition coefficient (Wildman–Crippen LogP) is 0.807. The SMILES string of the molecule is O=C(O)CCC[C@H](CCC(=O)O)C(=O)O. The van der Waals surface area contributed by atoms with Crippen molar-refractivity contribution < 1.29 is 29.7 Å². The van der Waals surface area contributed by atoms with E-state index in [1.54, 1.807) is 0 Å². The molecule has 1 atom stereocenters. The maximum Gasteiger partial charge on any atom is 0.306 e. The minimum Gasteiger partial charge on any atom is -0.481 e. The van der Waals surface area contributed by atoms with Gasteiger partial charge in [0.2, 0.25) is 0 Å². The molecule has 0 aliphatic rings. The summed E-state index contributed by atoms with van der Waals surface area (Å²) in [4.78, 5) is 31.0. The van der Waals surface area contributed by atoms with E-state index in [2.05, 4.69) is 0 Å². The molecule has 0 fully saturated rings. The first kappa shape index (κ1) is 13.4. The molecule has 3 N–H and O–H groups in total. The van der Waals surface area contributed by atoms with E-state index in [-0.39, 0.29) is 32.1 Å². The fourth-order valence-electron chi connectivity index (χ4n) is 1.19. The molecule has 0 bridgehead atoms. The Morgan fingerprint density at radius 1 is 0.867 bits per heavy atom. The van der Waals surface area contributed by atoms with Crippen LogP contribution in [0.25, 0.3) is 0 Å². The fourth-order valence-corrected chi connectivity index (χ4v) is 1.19. The second-order valence-corrected chi connectivity index (χ2v) is 3.25. The maximum absolute atomic E-state index is 10.6. The molecule has 0 radical (unpaired) electrons. The van der Waals surface area contributed by atoms with Gasteiger partial charge in [0.1, 0.15) is 0 Å². The van der Waals surface area contributed by atoms with Crippen molar-refractivity contribution in [3.63, 3.8) is 0 Å². The van der Waals surface area contributed by atoms with E-state index >= 15 is 0 Å². The summed E-state index contributed by atoms with van der Waals surface area (Å²) in [5.74, 6) is -3.85. The lowest BCUT2D eigenvalue weighted by Gasteiger charge is -2.09. The summed E-state index contributed by atoms with van der Waals surface area (Å²) < 4.78 is 0. The minimum absolute atomic E-state index is 0.0459. The summed E-state index contributed by atoms with van der Waals surface area (Å²) in [5.41, 5.74) is 0. The van der Waals surface area contributed by atoms with Gasteiger partial charge in [-0.25, -0.2) is 0 Å². The van der Waals surface area contributed by atoms with Crippen LogP contribution in [-0.4, -0.2) is 33.2 Å². The highest BCUT2D eigenvalue weighted by atomic mass is 16.4. The average molecular weight is 218 g/mol. The molecule has 0 spiro atoms. The highest BCUT2D eigenvalue weighted by Gasteiger charge is 2.18. The lowest BCUT2D eigenvalue weighted by atomic mass is 9.97. The zero-order chi connectivity index (χ0) is 11.8. The predicted molar refractivity (Wildman–Crippen MR) is 49.5 cm³/mol. The number of rotatable bonds is 8. The summed E-state index contributed by atoms with van der Waals surface area (Å²) in [5, 5.41) is 25.4. The number of hydrogen-bond acceptors (Lipinski definition) is 3. The molecule has 6 nitrogen and oxygen atoms in total. The van der Waals surface area contributed by atoms with Crippen LogP contribution in [0.15, 0.2) is 0 Å². The van der Waals surface area contributed by atoms with E-state index in [1.807, 2.05) is 0 Å². The van der Waals surface area contributed by atoms with Crippen LogP contribution in [0.3, 0.4) is 0 Å².